The highest BCUT2D eigenvalue weighted by Crippen LogP contribution is 2.11. The average Bonchev–Trinajstić information content (AvgIpc) is 2.66. The van der Waals surface area contributed by atoms with Crippen LogP contribution in [-0.2, 0) is 9.59 Å². The Morgan fingerprint density at radius 2 is 1.68 bits per heavy atom. The van der Waals surface area contributed by atoms with Crippen LogP contribution in [0, 0.1) is 11.7 Å². The quantitative estimate of drug-likeness (QED) is 0.721. The van der Waals surface area contributed by atoms with E-state index in [1.807, 2.05) is 25.7 Å². The lowest BCUT2D eigenvalue weighted by atomic mass is 10.0. The van der Waals surface area contributed by atoms with E-state index < -0.39 is 17.8 Å². The molecule has 0 radical (unpaired) electrons. The molecule has 0 aliphatic carbocycles. The third-order valence-corrected chi connectivity index (χ3v) is 4.75. The Bertz CT molecular complexity index is 685. The molecule has 1 aromatic rings. The number of nitrogens with one attached hydrogen (secondary N) is 2. The number of likely N-dealkylation sites (N-methyl/N-ethyl adjacent to an activating group) is 1. The van der Waals surface area contributed by atoms with Crippen LogP contribution in [0.3, 0.4) is 0 Å². The number of carbonyl (C=O) groups excluding carboxylic acids is 3. The minimum atomic E-state index is -0.660. The second kappa shape index (κ2) is 10.2. The predicted molar refractivity (Wildman–Crippen MR) is 104 cm³/mol. The zero-order valence-electron chi connectivity index (χ0n) is 16.7. The van der Waals surface area contributed by atoms with Crippen molar-refractivity contribution in [1.82, 2.24) is 20.4 Å². The van der Waals surface area contributed by atoms with Gasteiger partial charge in [0.05, 0.1) is 6.54 Å². The van der Waals surface area contributed by atoms with Gasteiger partial charge in [-0.2, -0.15) is 0 Å². The summed E-state index contributed by atoms with van der Waals surface area (Å²) < 4.78 is 13.0. The van der Waals surface area contributed by atoms with Gasteiger partial charge in [0.1, 0.15) is 11.9 Å². The molecule has 2 N–H and O–H groups in total. The standard InChI is InChI=1S/C20H29FN4O3/c1-4-22-17(26)13-24-9-11-25(12-10-24)20(28)18(14(2)3)23-19(27)15-5-7-16(21)8-6-15/h5-8,14,18H,4,9-13H2,1-3H3,(H,22,26)(H,23,27). The van der Waals surface area contributed by atoms with Crippen molar-refractivity contribution in [1.29, 1.82) is 0 Å². The summed E-state index contributed by atoms with van der Waals surface area (Å²) in [6.45, 7) is 8.78. The smallest absolute Gasteiger partial charge is 0.251 e. The Labute approximate surface area is 165 Å². The molecule has 8 heteroatoms. The van der Waals surface area contributed by atoms with Crippen LogP contribution in [0.4, 0.5) is 4.39 Å². The molecule has 1 unspecified atom stereocenters. The van der Waals surface area contributed by atoms with Gasteiger partial charge in [0.25, 0.3) is 5.91 Å². The summed E-state index contributed by atoms with van der Waals surface area (Å²) in [5.74, 6) is -1.07. The Morgan fingerprint density at radius 1 is 1.07 bits per heavy atom. The summed E-state index contributed by atoms with van der Waals surface area (Å²) in [4.78, 5) is 40.8. The van der Waals surface area contributed by atoms with E-state index in [2.05, 4.69) is 10.6 Å². The second-order valence-electron chi connectivity index (χ2n) is 7.26. The van der Waals surface area contributed by atoms with Gasteiger partial charge in [-0.3, -0.25) is 19.3 Å². The number of benzene rings is 1. The van der Waals surface area contributed by atoms with Crippen LogP contribution in [0.25, 0.3) is 0 Å². The van der Waals surface area contributed by atoms with E-state index in [1.54, 1.807) is 4.90 Å². The summed E-state index contributed by atoms with van der Waals surface area (Å²) in [6.07, 6.45) is 0. The van der Waals surface area contributed by atoms with Crippen molar-refractivity contribution in [3.63, 3.8) is 0 Å². The van der Waals surface area contributed by atoms with Gasteiger partial charge in [-0.05, 0) is 37.1 Å². The summed E-state index contributed by atoms with van der Waals surface area (Å²) in [5.41, 5.74) is 0.312. The third-order valence-electron chi connectivity index (χ3n) is 4.75. The molecule has 1 aromatic carbocycles. The molecule has 0 spiro atoms. The summed E-state index contributed by atoms with van der Waals surface area (Å²) >= 11 is 0. The van der Waals surface area contributed by atoms with E-state index in [-0.39, 0.29) is 17.7 Å². The number of hydrogen-bond acceptors (Lipinski definition) is 4. The fraction of sp³-hybridized carbons (Fsp3) is 0.550. The van der Waals surface area contributed by atoms with Gasteiger partial charge in [0.2, 0.25) is 11.8 Å². The fourth-order valence-electron chi connectivity index (χ4n) is 3.12. The number of nitrogens with zero attached hydrogens (tertiary/aromatic N) is 2. The van der Waals surface area contributed by atoms with Gasteiger partial charge in [0.15, 0.2) is 0 Å². The monoisotopic (exact) mass is 392 g/mol. The van der Waals surface area contributed by atoms with Crippen LogP contribution in [0.2, 0.25) is 0 Å². The number of halogens is 1. The SMILES string of the molecule is CCNC(=O)CN1CCN(C(=O)C(NC(=O)c2ccc(F)cc2)C(C)C)CC1. The molecule has 1 aliphatic rings. The second-order valence-corrected chi connectivity index (χ2v) is 7.26. The minimum Gasteiger partial charge on any atom is -0.355 e. The molecule has 1 heterocycles. The van der Waals surface area contributed by atoms with Gasteiger partial charge < -0.3 is 15.5 Å². The van der Waals surface area contributed by atoms with E-state index in [0.29, 0.717) is 44.8 Å². The van der Waals surface area contributed by atoms with Crippen molar-refractivity contribution in [2.24, 2.45) is 5.92 Å². The van der Waals surface area contributed by atoms with Crippen molar-refractivity contribution in [2.75, 3.05) is 39.3 Å². The normalized spacial score (nSPS) is 16.0. The van der Waals surface area contributed by atoms with Crippen molar-refractivity contribution in [3.8, 4) is 0 Å². The lowest BCUT2D eigenvalue weighted by Crippen LogP contribution is -2.57. The van der Waals surface area contributed by atoms with Crippen LogP contribution >= 0.6 is 0 Å². The van der Waals surface area contributed by atoms with E-state index in [0.717, 1.165) is 0 Å². The zero-order valence-corrected chi connectivity index (χ0v) is 16.7. The maximum absolute atomic E-state index is 13.0. The van der Waals surface area contributed by atoms with Crippen LogP contribution in [0.1, 0.15) is 31.1 Å². The van der Waals surface area contributed by atoms with Crippen molar-refractivity contribution in [2.45, 2.75) is 26.8 Å². The molecule has 1 atom stereocenters. The molecule has 3 amide bonds. The molecule has 0 aromatic heterocycles. The molecule has 0 bridgehead atoms. The molecule has 7 nitrogen and oxygen atoms in total. The lowest BCUT2D eigenvalue weighted by Gasteiger charge is -2.37. The largest absolute Gasteiger partial charge is 0.355 e. The molecule has 0 saturated carbocycles. The van der Waals surface area contributed by atoms with Crippen LogP contribution in [0.5, 0.6) is 0 Å². The number of carbonyl (C=O) groups is 3. The Balaban J connectivity index is 1.93. The van der Waals surface area contributed by atoms with Gasteiger partial charge >= 0.3 is 0 Å². The number of piperazine rings is 1. The number of hydrogen-bond donors (Lipinski definition) is 2. The highest BCUT2D eigenvalue weighted by Gasteiger charge is 2.31. The van der Waals surface area contributed by atoms with Gasteiger partial charge in [-0.15, -0.1) is 0 Å². The number of amides is 3. The van der Waals surface area contributed by atoms with Crippen LogP contribution < -0.4 is 10.6 Å². The van der Waals surface area contributed by atoms with Gasteiger partial charge in [0, 0.05) is 38.3 Å². The first kappa shape index (κ1) is 21.8. The molecule has 2 rings (SSSR count). The third kappa shape index (κ3) is 6.02. The maximum atomic E-state index is 13.0. The first-order chi connectivity index (χ1) is 13.3. The Kier molecular flexibility index (Phi) is 7.92. The molecule has 154 valence electrons. The highest BCUT2D eigenvalue weighted by atomic mass is 19.1. The summed E-state index contributed by atoms with van der Waals surface area (Å²) in [7, 11) is 0. The summed E-state index contributed by atoms with van der Waals surface area (Å²) in [5, 5.41) is 5.55. The van der Waals surface area contributed by atoms with E-state index in [9.17, 15) is 18.8 Å². The topological polar surface area (TPSA) is 81.8 Å². The number of rotatable bonds is 7. The van der Waals surface area contributed by atoms with Crippen LogP contribution in [0.15, 0.2) is 24.3 Å². The van der Waals surface area contributed by atoms with E-state index >= 15 is 0 Å². The minimum absolute atomic E-state index is 0.0195. The van der Waals surface area contributed by atoms with Crippen LogP contribution in [-0.4, -0.2) is 72.8 Å². The maximum Gasteiger partial charge on any atom is 0.251 e. The average molecular weight is 392 g/mol. The predicted octanol–water partition coefficient (Wildman–Crippen LogP) is 0.860. The van der Waals surface area contributed by atoms with Gasteiger partial charge in [-0.1, -0.05) is 13.8 Å². The van der Waals surface area contributed by atoms with E-state index in [1.165, 1.54) is 24.3 Å². The van der Waals surface area contributed by atoms with Crippen molar-refractivity contribution < 1.29 is 18.8 Å². The Morgan fingerprint density at radius 3 is 2.21 bits per heavy atom. The fourth-order valence-corrected chi connectivity index (χ4v) is 3.12. The van der Waals surface area contributed by atoms with Crippen molar-refractivity contribution in [3.05, 3.63) is 35.6 Å². The van der Waals surface area contributed by atoms with E-state index in [4.69, 9.17) is 0 Å². The molecule has 1 fully saturated rings. The first-order valence-corrected chi connectivity index (χ1v) is 9.66. The highest BCUT2D eigenvalue weighted by molar-refractivity contribution is 5.97. The lowest BCUT2D eigenvalue weighted by molar-refractivity contribution is -0.136. The molecular weight excluding hydrogens is 363 g/mol. The molecular formula is C20H29FN4O3. The summed E-state index contributed by atoms with van der Waals surface area (Å²) in [6, 6.07) is 4.57. The molecule has 1 saturated heterocycles. The van der Waals surface area contributed by atoms with Crippen molar-refractivity contribution >= 4 is 17.7 Å². The molecule has 28 heavy (non-hydrogen) atoms. The van der Waals surface area contributed by atoms with Gasteiger partial charge in [-0.25, -0.2) is 4.39 Å². The molecule has 1 aliphatic heterocycles. The Hall–Kier alpha value is -2.48. The zero-order chi connectivity index (χ0) is 20.7. The first-order valence-electron chi connectivity index (χ1n) is 9.66.